The average Bonchev–Trinajstić information content (AvgIpc) is 2.78. The molecule has 0 aliphatic carbocycles. The van der Waals surface area contributed by atoms with Crippen LogP contribution in [-0.4, -0.2) is 23.8 Å². The van der Waals surface area contributed by atoms with Crippen molar-refractivity contribution >= 4 is 17.5 Å². The summed E-state index contributed by atoms with van der Waals surface area (Å²) >= 11 is 5.85. The molecule has 1 N–H and O–H groups in total. The number of carbonyl (C=O) groups excluding carboxylic acids is 1. The second-order valence-electron chi connectivity index (χ2n) is 3.98. The predicted octanol–water partition coefficient (Wildman–Crippen LogP) is 3.43. The summed E-state index contributed by atoms with van der Waals surface area (Å²) in [5.74, 6) is -1.64. The van der Waals surface area contributed by atoms with Crippen LogP contribution in [0.2, 0.25) is 5.02 Å². The number of aromatic nitrogens is 1. The van der Waals surface area contributed by atoms with Crippen LogP contribution in [0, 0.1) is 5.82 Å². The van der Waals surface area contributed by atoms with E-state index in [0.717, 1.165) is 12.1 Å². The van der Waals surface area contributed by atoms with Crippen LogP contribution >= 0.6 is 11.6 Å². The second kappa shape index (κ2) is 5.72. The molecule has 0 bridgehead atoms. The minimum Gasteiger partial charge on any atom is -0.354 e. The first-order valence-corrected chi connectivity index (χ1v) is 5.92. The molecule has 2 aromatic rings. The van der Waals surface area contributed by atoms with Crippen molar-refractivity contribution in [3.8, 4) is 11.3 Å². The minimum atomic E-state index is -4.55. The third-order valence-corrected chi connectivity index (χ3v) is 2.76. The number of halogens is 5. The number of rotatable bonds is 3. The molecule has 0 saturated heterocycles. The molecule has 1 heterocycles. The molecule has 4 nitrogen and oxygen atoms in total. The SMILES string of the molecule is O=C(NCC(F)(F)F)c1noc(-c2ccc(F)cc2)c1Cl. The maximum absolute atomic E-state index is 12.8. The van der Waals surface area contributed by atoms with Crippen molar-refractivity contribution in [2.75, 3.05) is 6.54 Å². The van der Waals surface area contributed by atoms with Gasteiger partial charge in [0.15, 0.2) is 11.5 Å². The standard InChI is InChI=1S/C12H7ClF4N2O2/c13-8-9(11(20)18-5-12(15,16)17)19-21-10(8)6-1-3-7(14)4-2-6/h1-4H,5H2,(H,18,20). The number of nitrogens with zero attached hydrogens (tertiary/aromatic N) is 1. The average molecular weight is 323 g/mol. The molecule has 112 valence electrons. The van der Waals surface area contributed by atoms with E-state index in [1.54, 1.807) is 5.32 Å². The molecule has 0 saturated carbocycles. The molecule has 1 aromatic carbocycles. The Balaban J connectivity index is 2.20. The van der Waals surface area contributed by atoms with E-state index in [-0.39, 0.29) is 10.8 Å². The van der Waals surface area contributed by atoms with E-state index in [0.29, 0.717) is 5.56 Å². The zero-order valence-electron chi connectivity index (χ0n) is 10.2. The van der Waals surface area contributed by atoms with Gasteiger partial charge in [0.25, 0.3) is 5.91 Å². The zero-order chi connectivity index (χ0) is 15.6. The van der Waals surface area contributed by atoms with Gasteiger partial charge in [0.1, 0.15) is 17.4 Å². The molecule has 0 atom stereocenters. The molecule has 0 radical (unpaired) electrons. The van der Waals surface area contributed by atoms with E-state index in [2.05, 4.69) is 5.16 Å². The van der Waals surface area contributed by atoms with Gasteiger partial charge in [-0.3, -0.25) is 4.79 Å². The molecular weight excluding hydrogens is 316 g/mol. The largest absolute Gasteiger partial charge is 0.405 e. The van der Waals surface area contributed by atoms with Gasteiger partial charge in [-0.2, -0.15) is 13.2 Å². The van der Waals surface area contributed by atoms with Crippen molar-refractivity contribution in [2.24, 2.45) is 0 Å². The first-order valence-electron chi connectivity index (χ1n) is 5.54. The maximum Gasteiger partial charge on any atom is 0.405 e. The van der Waals surface area contributed by atoms with Crippen molar-refractivity contribution in [1.29, 1.82) is 0 Å². The Morgan fingerprint density at radius 1 is 1.29 bits per heavy atom. The highest BCUT2D eigenvalue weighted by Crippen LogP contribution is 2.30. The van der Waals surface area contributed by atoms with Crippen molar-refractivity contribution in [2.45, 2.75) is 6.18 Å². The van der Waals surface area contributed by atoms with Gasteiger partial charge < -0.3 is 9.84 Å². The molecule has 0 fully saturated rings. The van der Waals surface area contributed by atoms with Gasteiger partial charge in [0.2, 0.25) is 0 Å². The molecule has 0 aliphatic heterocycles. The number of nitrogens with one attached hydrogen (secondary N) is 1. The van der Waals surface area contributed by atoms with Crippen LogP contribution in [0.4, 0.5) is 17.6 Å². The summed E-state index contributed by atoms with van der Waals surface area (Å²) in [5.41, 5.74) is -0.135. The molecule has 1 amide bonds. The van der Waals surface area contributed by atoms with E-state index in [9.17, 15) is 22.4 Å². The highest BCUT2D eigenvalue weighted by Gasteiger charge is 2.30. The first kappa shape index (κ1) is 15.3. The van der Waals surface area contributed by atoms with Gasteiger partial charge >= 0.3 is 6.18 Å². The van der Waals surface area contributed by atoms with Gasteiger partial charge in [-0.1, -0.05) is 16.8 Å². The van der Waals surface area contributed by atoms with Crippen LogP contribution in [0.3, 0.4) is 0 Å². The van der Waals surface area contributed by atoms with E-state index in [4.69, 9.17) is 16.1 Å². The number of amides is 1. The summed E-state index contributed by atoms with van der Waals surface area (Å²) in [6.07, 6.45) is -4.55. The highest BCUT2D eigenvalue weighted by atomic mass is 35.5. The highest BCUT2D eigenvalue weighted by molar-refractivity contribution is 6.35. The van der Waals surface area contributed by atoms with Crippen LogP contribution < -0.4 is 5.32 Å². The van der Waals surface area contributed by atoms with Gasteiger partial charge in [-0.15, -0.1) is 0 Å². The smallest absolute Gasteiger partial charge is 0.354 e. The first-order chi connectivity index (χ1) is 9.78. The Morgan fingerprint density at radius 2 is 1.90 bits per heavy atom. The Hall–Kier alpha value is -2.09. The summed E-state index contributed by atoms with van der Waals surface area (Å²) in [6.45, 7) is -1.51. The van der Waals surface area contributed by atoms with E-state index in [1.807, 2.05) is 0 Å². The second-order valence-corrected chi connectivity index (χ2v) is 4.36. The summed E-state index contributed by atoms with van der Waals surface area (Å²) in [5, 5.41) is 4.71. The maximum atomic E-state index is 12.8. The lowest BCUT2D eigenvalue weighted by atomic mass is 10.1. The van der Waals surface area contributed by atoms with E-state index in [1.165, 1.54) is 12.1 Å². The summed E-state index contributed by atoms with van der Waals surface area (Å²) < 4.78 is 53.7. The van der Waals surface area contributed by atoms with Crippen LogP contribution in [0.25, 0.3) is 11.3 Å². The lowest BCUT2D eigenvalue weighted by Crippen LogP contribution is -2.34. The number of benzene rings is 1. The Labute approximate surface area is 120 Å². The monoisotopic (exact) mass is 322 g/mol. The fourth-order valence-electron chi connectivity index (χ4n) is 1.47. The molecule has 9 heteroatoms. The lowest BCUT2D eigenvalue weighted by molar-refractivity contribution is -0.123. The van der Waals surface area contributed by atoms with Crippen LogP contribution in [0.5, 0.6) is 0 Å². The zero-order valence-corrected chi connectivity index (χ0v) is 10.9. The molecule has 2 rings (SSSR count). The van der Waals surface area contributed by atoms with Crippen molar-refractivity contribution < 1.29 is 26.9 Å². The van der Waals surface area contributed by atoms with Crippen LogP contribution in [0.15, 0.2) is 28.8 Å². The Kier molecular flexibility index (Phi) is 4.17. The van der Waals surface area contributed by atoms with Gasteiger partial charge in [-0.05, 0) is 24.3 Å². The number of alkyl halides is 3. The Bertz CT molecular complexity index is 652. The topological polar surface area (TPSA) is 55.1 Å². The number of hydrogen-bond acceptors (Lipinski definition) is 3. The van der Waals surface area contributed by atoms with Crippen LogP contribution in [-0.2, 0) is 0 Å². The summed E-state index contributed by atoms with van der Waals surface area (Å²) in [7, 11) is 0. The Morgan fingerprint density at radius 3 is 2.48 bits per heavy atom. The third kappa shape index (κ3) is 3.72. The van der Waals surface area contributed by atoms with E-state index >= 15 is 0 Å². The third-order valence-electron chi connectivity index (χ3n) is 2.41. The van der Waals surface area contributed by atoms with Crippen molar-refractivity contribution in [3.05, 3.63) is 40.8 Å². The van der Waals surface area contributed by atoms with Gasteiger partial charge in [0, 0.05) is 5.56 Å². The number of hydrogen-bond donors (Lipinski definition) is 1. The quantitative estimate of drug-likeness (QED) is 0.881. The molecule has 0 unspecified atom stereocenters. The van der Waals surface area contributed by atoms with E-state index < -0.39 is 30.1 Å². The predicted molar refractivity (Wildman–Crippen MR) is 65.3 cm³/mol. The number of carbonyl (C=O) groups is 1. The molecular formula is C12H7ClF4N2O2. The summed E-state index contributed by atoms with van der Waals surface area (Å²) in [4.78, 5) is 11.5. The van der Waals surface area contributed by atoms with Gasteiger partial charge in [-0.25, -0.2) is 4.39 Å². The molecule has 21 heavy (non-hydrogen) atoms. The van der Waals surface area contributed by atoms with Crippen LogP contribution in [0.1, 0.15) is 10.5 Å². The minimum absolute atomic E-state index is 0.0335. The fraction of sp³-hybridized carbons (Fsp3) is 0.167. The molecule has 0 spiro atoms. The molecule has 1 aromatic heterocycles. The van der Waals surface area contributed by atoms with Gasteiger partial charge in [0.05, 0.1) is 0 Å². The molecule has 0 aliphatic rings. The fourth-order valence-corrected chi connectivity index (χ4v) is 1.73. The van der Waals surface area contributed by atoms with Crippen molar-refractivity contribution in [1.82, 2.24) is 10.5 Å². The normalized spacial score (nSPS) is 11.5. The summed E-state index contributed by atoms with van der Waals surface area (Å²) in [6, 6.07) is 4.94. The van der Waals surface area contributed by atoms with Crippen molar-refractivity contribution in [3.63, 3.8) is 0 Å². The lowest BCUT2D eigenvalue weighted by Gasteiger charge is -2.06.